The number of benzene rings is 2. The minimum atomic E-state index is -1.51. The van der Waals surface area contributed by atoms with Gasteiger partial charge in [0, 0.05) is 12.3 Å². The molecule has 0 spiro atoms. The van der Waals surface area contributed by atoms with Gasteiger partial charge in [0.05, 0.1) is 0 Å². The average molecular weight is 568 g/mol. The molecule has 11 heteroatoms. The number of carbonyl (C=O) groups excluding carboxylic acids is 4. The van der Waals surface area contributed by atoms with Gasteiger partial charge in [0.2, 0.25) is 11.8 Å². The lowest BCUT2D eigenvalue weighted by Crippen LogP contribution is -2.59. The second-order valence-electron chi connectivity index (χ2n) is 11.3. The number of carboxylic acid groups (broad SMARTS) is 1. The smallest absolute Gasteiger partial charge is 0.408 e. The summed E-state index contributed by atoms with van der Waals surface area (Å²) >= 11 is 0. The fourth-order valence-electron chi connectivity index (χ4n) is 4.49. The van der Waals surface area contributed by atoms with E-state index in [0.29, 0.717) is 0 Å². The van der Waals surface area contributed by atoms with Gasteiger partial charge < -0.3 is 30.5 Å². The van der Waals surface area contributed by atoms with Crippen molar-refractivity contribution >= 4 is 29.8 Å². The van der Waals surface area contributed by atoms with Crippen LogP contribution >= 0.6 is 0 Å². The number of alkyl carbamates (subject to hydrolysis) is 1. The summed E-state index contributed by atoms with van der Waals surface area (Å²) in [5, 5.41) is 16.1. The van der Waals surface area contributed by atoms with Crippen molar-refractivity contribution in [3.8, 4) is 11.1 Å². The van der Waals surface area contributed by atoms with Crippen LogP contribution in [0.2, 0.25) is 0 Å². The summed E-state index contributed by atoms with van der Waals surface area (Å²) in [5.41, 5.74) is 1.99. The van der Waals surface area contributed by atoms with Crippen LogP contribution in [0.25, 0.3) is 11.1 Å². The third kappa shape index (κ3) is 8.54. The van der Waals surface area contributed by atoms with E-state index in [0.717, 1.165) is 22.3 Å². The molecule has 4 N–H and O–H groups in total. The summed E-state index contributed by atoms with van der Waals surface area (Å²) in [7, 11) is 0. The van der Waals surface area contributed by atoms with Gasteiger partial charge in [-0.2, -0.15) is 0 Å². The molecule has 2 aromatic carbocycles. The Labute approximate surface area is 239 Å². The van der Waals surface area contributed by atoms with E-state index in [1.54, 1.807) is 20.8 Å². The van der Waals surface area contributed by atoms with Gasteiger partial charge in [0.25, 0.3) is 0 Å². The first-order valence-electron chi connectivity index (χ1n) is 13.3. The topological polar surface area (TPSA) is 160 Å². The zero-order chi connectivity index (χ0) is 30.4. The van der Waals surface area contributed by atoms with Gasteiger partial charge in [0.15, 0.2) is 0 Å². The SMILES string of the molecule is CC(C)(C)OC(=O)CC[C@H](NC(=O)C(C)(C)NC(=O)OCC1c2ccccc2-c2ccccc21)C(=O)NCC(=O)O. The number of hydrogen-bond acceptors (Lipinski definition) is 7. The predicted molar refractivity (Wildman–Crippen MR) is 150 cm³/mol. The van der Waals surface area contributed by atoms with Crippen LogP contribution in [-0.4, -0.2) is 65.3 Å². The summed E-state index contributed by atoms with van der Waals surface area (Å²) in [4.78, 5) is 61.6. The van der Waals surface area contributed by atoms with Crippen LogP contribution in [0.1, 0.15) is 64.5 Å². The third-order valence-electron chi connectivity index (χ3n) is 6.42. The van der Waals surface area contributed by atoms with Crippen LogP contribution in [0.15, 0.2) is 48.5 Å². The maximum Gasteiger partial charge on any atom is 0.408 e. The third-order valence-corrected chi connectivity index (χ3v) is 6.42. The number of rotatable bonds is 11. The number of aliphatic carboxylic acids is 1. The Bertz CT molecular complexity index is 1270. The maximum absolute atomic E-state index is 13.1. The molecule has 2 aromatic rings. The van der Waals surface area contributed by atoms with Crippen molar-refractivity contribution in [1.29, 1.82) is 0 Å². The molecule has 11 nitrogen and oxygen atoms in total. The molecule has 1 aliphatic rings. The van der Waals surface area contributed by atoms with E-state index in [9.17, 15) is 24.0 Å². The molecule has 0 saturated carbocycles. The highest BCUT2D eigenvalue weighted by atomic mass is 16.6. The van der Waals surface area contributed by atoms with Crippen LogP contribution in [0.3, 0.4) is 0 Å². The van der Waals surface area contributed by atoms with Crippen LogP contribution < -0.4 is 16.0 Å². The van der Waals surface area contributed by atoms with Crippen LogP contribution in [0, 0.1) is 0 Å². The molecule has 0 aromatic heterocycles. The molecule has 0 radical (unpaired) electrons. The van der Waals surface area contributed by atoms with Gasteiger partial charge in [-0.1, -0.05) is 48.5 Å². The normalized spacial score (nSPS) is 13.3. The quantitative estimate of drug-likeness (QED) is 0.301. The molecule has 0 heterocycles. The number of hydrogen-bond donors (Lipinski definition) is 4. The van der Waals surface area contributed by atoms with E-state index in [1.807, 2.05) is 48.5 Å². The van der Waals surface area contributed by atoms with E-state index >= 15 is 0 Å². The molecule has 220 valence electrons. The van der Waals surface area contributed by atoms with Crippen molar-refractivity contribution in [1.82, 2.24) is 16.0 Å². The van der Waals surface area contributed by atoms with Gasteiger partial charge in [-0.25, -0.2) is 4.79 Å². The van der Waals surface area contributed by atoms with E-state index < -0.39 is 53.6 Å². The van der Waals surface area contributed by atoms with E-state index in [2.05, 4.69) is 16.0 Å². The van der Waals surface area contributed by atoms with Crippen molar-refractivity contribution in [3.63, 3.8) is 0 Å². The van der Waals surface area contributed by atoms with Gasteiger partial charge in [-0.3, -0.25) is 19.2 Å². The largest absolute Gasteiger partial charge is 0.480 e. The Morgan fingerprint density at radius 3 is 2.00 bits per heavy atom. The second kappa shape index (κ2) is 12.8. The maximum atomic E-state index is 13.1. The molecule has 0 aliphatic heterocycles. The number of esters is 1. The molecule has 1 atom stereocenters. The number of carboxylic acids is 1. The minimum Gasteiger partial charge on any atom is -0.480 e. The molecule has 0 saturated heterocycles. The van der Waals surface area contributed by atoms with Gasteiger partial charge in [-0.15, -0.1) is 0 Å². The molecule has 0 bridgehead atoms. The summed E-state index contributed by atoms with van der Waals surface area (Å²) in [6, 6.07) is 14.5. The standard InChI is InChI=1S/C30H37N3O8/c1-29(2,3)41-25(36)15-14-23(26(37)31-16-24(34)35)32-27(38)30(4,5)33-28(39)40-17-22-20-12-8-6-10-18(20)19-11-7-9-13-21(19)22/h6-13,22-23H,14-17H2,1-5H3,(H,31,37)(H,32,38)(H,33,39)(H,34,35)/t23-/m0/s1. The van der Waals surface area contributed by atoms with Crippen molar-refractivity contribution < 1.29 is 38.6 Å². The fraction of sp³-hybridized carbons (Fsp3) is 0.433. The number of fused-ring (bicyclic) bond motifs is 3. The van der Waals surface area contributed by atoms with Crippen molar-refractivity contribution in [3.05, 3.63) is 59.7 Å². The van der Waals surface area contributed by atoms with Crippen LogP contribution in [-0.2, 0) is 28.7 Å². The minimum absolute atomic E-state index is 0.0493. The fourth-order valence-corrected chi connectivity index (χ4v) is 4.49. The Hall–Kier alpha value is -4.41. The highest BCUT2D eigenvalue weighted by molar-refractivity contribution is 5.94. The molecule has 0 fully saturated rings. The summed E-state index contributed by atoms with van der Waals surface area (Å²) < 4.78 is 10.8. The number of ether oxygens (including phenoxy) is 2. The summed E-state index contributed by atoms with van der Waals surface area (Å²) in [6.07, 6.45) is -1.18. The Morgan fingerprint density at radius 2 is 1.46 bits per heavy atom. The van der Waals surface area contributed by atoms with Crippen molar-refractivity contribution in [2.24, 2.45) is 0 Å². The first kappa shape index (κ1) is 31.1. The lowest BCUT2D eigenvalue weighted by molar-refractivity contribution is -0.155. The molecular weight excluding hydrogens is 530 g/mol. The summed E-state index contributed by atoms with van der Waals surface area (Å²) in [5.74, 6) is -3.54. The highest BCUT2D eigenvalue weighted by Crippen LogP contribution is 2.44. The first-order valence-corrected chi connectivity index (χ1v) is 13.3. The van der Waals surface area contributed by atoms with Crippen molar-refractivity contribution in [2.75, 3.05) is 13.2 Å². The van der Waals surface area contributed by atoms with Crippen molar-refractivity contribution in [2.45, 2.75) is 70.6 Å². The highest BCUT2D eigenvalue weighted by Gasteiger charge is 2.35. The van der Waals surface area contributed by atoms with E-state index in [-0.39, 0.29) is 25.4 Å². The molecule has 1 aliphatic carbocycles. The number of amides is 3. The van der Waals surface area contributed by atoms with E-state index in [1.165, 1.54) is 13.8 Å². The zero-order valence-electron chi connectivity index (χ0n) is 23.9. The summed E-state index contributed by atoms with van der Waals surface area (Å²) in [6.45, 7) is 7.34. The molecular formula is C30H37N3O8. The molecule has 41 heavy (non-hydrogen) atoms. The Morgan fingerprint density at radius 1 is 0.902 bits per heavy atom. The number of carbonyl (C=O) groups is 5. The lowest BCUT2D eigenvalue weighted by atomic mass is 9.98. The Balaban J connectivity index is 1.62. The molecule has 3 amide bonds. The second-order valence-corrected chi connectivity index (χ2v) is 11.3. The number of nitrogens with one attached hydrogen (secondary N) is 3. The Kier molecular flexibility index (Phi) is 9.75. The van der Waals surface area contributed by atoms with Gasteiger partial charge in [0.1, 0.15) is 30.3 Å². The zero-order valence-corrected chi connectivity index (χ0v) is 23.9. The van der Waals surface area contributed by atoms with Crippen LogP contribution in [0.5, 0.6) is 0 Å². The predicted octanol–water partition coefficient (Wildman–Crippen LogP) is 3.11. The first-order chi connectivity index (χ1) is 19.2. The van der Waals surface area contributed by atoms with Gasteiger partial charge >= 0.3 is 18.0 Å². The lowest BCUT2D eigenvalue weighted by Gasteiger charge is -2.28. The van der Waals surface area contributed by atoms with Gasteiger partial charge in [-0.05, 0) is 63.3 Å². The molecule has 0 unspecified atom stereocenters. The average Bonchev–Trinajstić information content (AvgIpc) is 3.20. The van der Waals surface area contributed by atoms with E-state index in [4.69, 9.17) is 14.6 Å². The monoisotopic (exact) mass is 567 g/mol. The van der Waals surface area contributed by atoms with Crippen LogP contribution in [0.4, 0.5) is 4.79 Å². The molecule has 3 rings (SSSR count).